The second-order valence-corrected chi connectivity index (χ2v) is 6.04. The fourth-order valence-electron chi connectivity index (χ4n) is 2.26. The third kappa shape index (κ3) is 3.22. The third-order valence-corrected chi connectivity index (χ3v) is 4.45. The van der Waals surface area contributed by atoms with Gasteiger partial charge in [0.1, 0.15) is 0 Å². The molecule has 2 rings (SSSR count). The van der Waals surface area contributed by atoms with Crippen molar-refractivity contribution >= 4 is 11.8 Å². The minimum absolute atomic E-state index is 0.582. The van der Waals surface area contributed by atoms with Gasteiger partial charge in [0, 0.05) is 18.0 Å². The highest BCUT2D eigenvalue weighted by molar-refractivity contribution is 7.99. The Hall–Kier alpha value is -0.540. The summed E-state index contributed by atoms with van der Waals surface area (Å²) in [6, 6.07) is 4.19. The predicted molar refractivity (Wildman–Crippen MR) is 69.4 cm³/mol. The molecule has 3 heteroatoms. The second-order valence-electron chi connectivity index (χ2n) is 4.72. The van der Waals surface area contributed by atoms with Crippen LogP contribution in [0.25, 0.3) is 0 Å². The van der Waals surface area contributed by atoms with Crippen molar-refractivity contribution < 1.29 is 0 Å². The largest absolute Gasteiger partial charge is 0.326 e. The Morgan fingerprint density at radius 2 is 2.31 bits per heavy atom. The van der Waals surface area contributed by atoms with E-state index < -0.39 is 0 Å². The first-order chi connectivity index (χ1) is 7.78. The summed E-state index contributed by atoms with van der Waals surface area (Å²) in [6.45, 7) is 2.94. The number of nitrogens with two attached hydrogens (primary N) is 1. The zero-order chi connectivity index (χ0) is 11.4. The first-order valence-corrected chi connectivity index (χ1v) is 6.97. The van der Waals surface area contributed by atoms with Crippen molar-refractivity contribution in [3.63, 3.8) is 0 Å². The third-order valence-electron chi connectivity index (χ3n) is 3.21. The molecule has 1 aromatic heterocycles. The normalized spacial score (nSPS) is 25.6. The van der Waals surface area contributed by atoms with Crippen LogP contribution in [-0.2, 0) is 6.54 Å². The van der Waals surface area contributed by atoms with Crippen molar-refractivity contribution in [1.82, 2.24) is 4.98 Å². The smallest absolute Gasteiger partial charge is 0.0962 e. The molecule has 88 valence electrons. The molecule has 1 saturated carbocycles. The molecule has 0 radical (unpaired) electrons. The number of pyridine rings is 1. The van der Waals surface area contributed by atoms with E-state index in [4.69, 9.17) is 5.73 Å². The van der Waals surface area contributed by atoms with E-state index in [1.54, 1.807) is 0 Å². The van der Waals surface area contributed by atoms with Gasteiger partial charge in [0.05, 0.1) is 5.03 Å². The SMILES string of the molecule is CC1CCCC(Sc2ccc(CN)cn2)C1. The maximum absolute atomic E-state index is 5.56. The molecule has 1 fully saturated rings. The monoisotopic (exact) mass is 236 g/mol. The van der Waals surface area contributed by atoms with E-state index in [0.29, 0.717) is 6.54 Å². The van der Waals surface area contributed by atoms with Gasteiger partial charge in [-0.15, -0.1) is 11.8 Å². The summed E-state index contributed by atoms with van der Waals surface area (Å²) < 4.78 is 0. The molecule has 2 nitrogen and oxygen atoms in total. The summed E-state index contributed by atoms with van der Waals surface area (Å²) in [4.78, 5) is 4.45. The molecule has 1 heterocycles. The van der Waals surface area contributed by atoms with Crippen LogP contribution < -0.4 is 5.73 Å². The lowest BCUT2D eigenvalue weighted by Crippen LogP contribution is -2.15. The molecule has 1 aliphatic rings. The molecule has 16 heavy (non-hydrogen) atoms. The van der Waals surface area contributed by atoms with Crippen molar-refractivity contribution in [2.24, 2.45) is 11.7 Å². The van der Waals surface area contributed by atoms with Gasteiger partial charge in [0.15, 0.2) is 0 Å². The highest BCUT2D eigenvalue weighted by Gasteiger charge is 2.19. The summed E-state index contributed by atoms with van der Waals surface area (Å²) >= 11 is 1.94. The van der Waals surface area contributed by atoms with E-state index >= 15 is 0 Å². The lowest BCUT2D eigenvalue weighted by Gasteiger charge is -2.25. The molecule has 0 bridgehead atoms. The summed E-state index contributed by atoms with van der Waals surface area (Å²) in [5.74, 6) is 0.884. The van der Waals surface area contributed by atoms with Crippen molar-refractivity contribution in [2.45, 2.75) is 49.4 Å². The molecule has 1 aromatic rings. The molecule has 2 atom stereocenters. The van der Waals surface area contributed by atoms with Gasteiger partial charge in [-0.25, -0.2) is 4.98 Å². The van der Waals surface area contributed by atoms with Crippen molar-refractivity contribution in [3.05, 3.63) is 23.9 Å². The van der Waals surface area contributed by atoms with Crippen LogP contribution in [0.3, 0.4) is 0 Å². The van der Waals surface area contributed by atoms with Gasteiger partial charge in [0.25, 0.3) is 0 Å². The van der Waals surface area contributed by atoms with Gasteiger partial charge in [0.2, 0.25) is 0 Å². The van der Waals surface area contributed by atoms with E-state index in [1.165, 1.54) is 25.7 Å². The Balaban J connectivity index is 1.92. The number of nitrogens with zero attached hydrogens (tertiary/aromatic N) is 1. The topological polar surface area (TPSA) is 38.9 Å². The van der Waals surface area contributed by atoms with Crippen molar-refractivity contribution in [2.75, 3.05) is 0 Å². The second kappa shape index (κ2) is 5.69. The van der Waals surface area contributed by atoms with Crippen LogP contribution in [0.15, 0.2) is 23.4 Å². The standard InChI is InChI=1S/C13H20N2S/c1-10-3-2-4-12(7-10)16-13-6-5-11(8-14)9-15-13/h5-6,9-10,12H,2-4,7-8,14H2,1H3. The van der Waals surface area contributed by atoms with Gasteiger partial charge in [-0.3, -0.25) is 0 Å². The Kier molecular flexibility index (Phi) is 4.24. The van der Waals surface area contributed by atoms with Gasteiger partial charge >= 0.3 is 0 Å². The van der Waals surface area contributed by atoms with Crippen molar-refractivity contribution in [3.8, 4) is 0 Å². The molecule has 2 unspecified atom stereocenters. The number of aromatic nitrogens is 1. The zero-order valence-corrected chi connectivity index (χ0v) is 10.7. The molecular formula is C13H20N2S. The molecular weight excluding hydrogens is 216 g/mol. The minimum atomic E-state index is 0.582. The number of hydrogen-bond acceptors (Lipinski definition) is 3. The van der Waals surface area contributed by atoms with Crippen LogP contribution in [-0.4, -0.2) is 10.2 Å². The van der Waals surface area contributed by atoms with Gasteiger partial charge in [-0.2, -0.15) is 0 Å². The lowest BCUT2D eigenvalue weighted by atomic mass is 9.91. The molecule has 0 saturated heterocycles. The summed E-state index contributed by atoms with van der Waals surface area (Å²) in [5, 5.41) is 1.91. The van der Waals surface area contributed by atoms with E-state index in [9.17, 15) is 0 Å². The Morgan fingerprint density at radius 1 is 1.44 bits per heavy atom. The summed E-state index contributed by atoms with van der Waals surface area (Å²) in [7, 11) is 0. The summed E-state index contributed by atoms with van der Waals surface area (Å²) in [6.07, 6.45) is 7.35. The van der Waals surface area contributed by atoms with Gasteiger partial charge in [-0.1, -0.05) is 25.8 Å². The highest BCUT2D eigenvalue weighted by atomic mass is 32.2. The van der Waals surface area contributed by atoms with E-state index in [2.05, 4.69) is 24.0 Å². The van der Waals surface area contributed by atoms with E-state index in [1.807, 2.05) is 18.0 Å². The Bertz CT molecular complexity index is 323. The van der Waals surface area contributed by atoms with Crippen LogP contribution in [0.2, 0.25) is 0 Å². The average molecular weight is 236 g/mol. The van der Waals surface area contributed by atoms with Crippen LogP contribution in [0.5, 0.6) is 0 Å². The average Bonchev–Trinajstić information content (AvgIpc) is 2.30. The number of hydrogen-bond donors (Lipinski definition) is 1. The van der Waals surface area contributed by atoms with Gasteiger partial charge < -0.3 is 5.73 Å². The molecule has 1 aliphatic carbocycles. The van der Waals surface area contributed by atoms with Crippen molar-refractivity contribution in [1.29, 1.82) is 0 Å². The zero-order valence-electron chi connectivity index (χ0n) is 9.86. The van der Waals surface area contributed by atoms with Gasteiger partial charge in [-0.05, 0) is 30.4 Å². The predicted octanol–water partition coefficient (Wildman–Crippen LogP) is 3.21. The maximum atomic E-state index is 5.56. The van der Waals surface area contributed by atoms with Crippen LogP contribution in [0.4, 0.5) is 0 Å². The molecule has 2 N–H and O–H groups in total. The van der Waals surface area contributed by atoms with E-state index in [-0.39, 0.29) is 0 Å². The highest BCUT2D eigenvalue weighted by Crippen LogP contribution is 2.35. The quantitative estimate of drug-likeness (QED) is 0.876. The lowest BCUT2D eigenvalue weighted by molar-refractivity contribution is 0.394. The minimum Gasteiger partial charge on any atom is -0.326 e. The van der Waals surface area contributed by atoms with Crippen LogP contribution >= 0.6 is 11.8 Å². The molecule has 0 spiro atoms. The van der Waals surface area contributed by atoms with Crippen LogP contribution in [0.1, 0.15) is 38.2 Å². The fraction of sp³-hybridized carbons (Fsp3) is 0.615. The fourth-order valence-corrected chi connectivity index (χ4v) is 3.57. The first kappa shape index (κ1) is 11.9. The number of rotatable bonds is 3. The molecule has 0 aliphatic heterocycles. The first-order valence-electron chi connectivity index (χ1n) is 6.09. The summed E-state index contributed by atoms with van der Waals surface area (Å²) in [5.41, 5.74) is 6.67. The number of thioether (sulfide) groups is 1. The van der Waals surface area contributed by atoms with Crippen LogP contribution in [0, 0.1) is 5.92 Å². The molecule has 0 amide bonds. The molecule has 0 aromatic carbocycles. The Labute approximate surface area is 102 Å². The maximum Gasteiger partial charge on any atom is 0.0962 e. The Morgan fingerprint density at radius 3 is 2.94 bits per heavy atom. The van der Waals surface area contributed by atoms with E-state index in [0.717, 1.165) is 21.8 Å².